The smallest absolute Gasteiger partial charge is 0.203 e. The van der Waals surface area contributed by atoms with Crippen LogP contribution in [0.25, 0.3) is 0 Å². The van der Waals surface area contributed by atoms with Gasteiger partial charge in [-0.05, 0) is 13.0 Å². The highest BCUT2D eigenvalue weighted by Crippen LogP contribution is 2.40. The van der Waals surface area contributed by atoms with E-state index < -0.39 is 12.4 Å². The van der Waals surface area contributed by atoms with Crippen LogP contribution in [0, 0.1) is 6.92 Å². The lowest BCUT2D eigenvalue weighted by molar-refractivity contribution is 0.0902. The highest BCUT2D eigenvalue weighted by molar-refractivity contribution is 5.99. The van der Waals surface area contributed by atoms with Crippen molar-refractivity contribution in [3.05, 3.63) is 17.2 Å². The van der Waals surface area contributed by atoms with E-state index >= 15 is 0 Å². The molecule has 1 aromatic rings. The van der Waals surface area contributed by atoms with Crippen LogP contribution in [-0.2, 0) is 0 Å². The minimum atomic E-state index is -0.615. The van der Waals surface area contributed by atoms with E-state index in [0.29, 0.717) is 5.56 Å². The van der Waals surface area contributed by atoms with Gasteiger partial charge in [0, 0.05) is 11.1 Å². The summed E-state index contributed by atoms with van der Waals surface area (Å²) in [6, 6.07) is 1.44. The van der Waals surface area contributed by atoms with Crippen molar-refractivity contribution in [3.63, 3.8) is 0 Å². The number of Topliss-reactive ketones (excluding diaryl/α,β-unsaturated/α-hetero) is 1. The summed E-state index contributed by atoms with van der Waals surface area (Å²) < 4.78 is 9.96. The largest absolute Gasteiger partial charge is 0.504 e. The molecule has 0 spiro atoms. The van der Waals surface area contributed by atoms with Crippen molar-refractivity contribution in [2.45, 2.75) is 6.92 Å². The summed E-state index contributed by atoms with van der Waals surface area (Å²) in [6.45, 7) is 0.954. The van der Waals surface area contributed by atoms with E-state index in [0.717, 1.165) is 0 Å². The van der Waals surface area contributed by atoms with Gasteiger partial charge in [-0.3, -0.25) is 4.79 Å². The van der Waals surface area contributed by atoms with Crippen molar-refractivity contribution < 1.29 is 24.5 Å². The SMILES string of the molecule is COc1cc(C(=O)CO)c(C)c(O)c1OC. The molecule has 0 bridgehead atoms. The Morgan fingerprint density at radius 2 is 2.00 bits per heavy atom. The average Bonchev–Trinajstić information content (AvgIpc) is 2.31. The molecule has 0 radical (unpaired) electrons. The molecule has 1 rings (SSSR count). The van der Waals surface area contributed by atoms with Crippen molar-refractivity contribution in [3.8, 4) is 17.2 Å². The van der Waals surface area contributed by atoms with Gasteiger partial charge < -0.3 is 19.7 Å². The quantitative estimate of drug-likeness (QED) is 0.746. The van der Waals surface area contributed by atoms with Crippen molar-refractivity contribution in [2.24, 2.45) is 0 Å². The number of ketones is 1. The molecule has 0 unspecified atom stereocenters. The first-order valence-corrected chi connectivity index (χ1v) is 4.65. The Kier molecular flexibility index (Phi) is 3.73. The normalized spacial score (nSPS) is 10.0. The number of aliphatic hydroxyl groups is 1. The van der Waals surface area contributed by atoms with Gasteiger partial charge in [0.05, 0.1) is 14.2 Å². The van der Waals surface area contributed by atoms with Crippen molar-refractivity contribution in [2.75, 3.05) is 20.8 Å². The van der Waals surface area contributed by atoms with Gasteiger partial charge in [-0.2, -0.15) is 0 Å². The maximum Gasteiger partial charge on any atom is 0.203 e. The van der Waals surface area contributed by atoms with E-state index in [1.165, 1.54) is 20.3 Å². The lowest BCUT2D eigenvalue weighted by Gasteiger charge is -2.14. The summed E-state index contributed by atoms with van der Waals surface area (Å²) >= 11 is 0. The molecule has 88 valence electrons. The minimum absolute atomic E-state index is 0.154. The number of carbonyl (C=O) groups is 1. The Morgan fingerprint density at radius 1 is 1.38 bits per heavy atom. The predicted octanol–water partition coefficient (Wildman–Crippen LogP) is 0.893. The van der Waals surface area contributed by atoms with Crippen molar-refractivity contribution in [1.29, 1.82) is 0 Å². The van der Waals surface area contributed by atoms with Crippen LogP contribution in [0.5, 0.6) is 17.2 Å². The van der Waals surface area contributed by atoms with Gasteiger partial charge in [-0.1, -0.05) is 0 Å². The minimum Gasteiger partial charge on any atom is -0.504 e. The maximum atomic E-state index is 11.4. The molecule has 0 amide bonds. The molecule has 0 fully saturated rings. The molecule has 0 aliphatic carbocycles. The third-order valence-electron chi connectivity index (χ3n) is 2.34. The Bertz CT molecular complexity index is 411. The van der Waals surface area contributed by atoms with Crippen LogP contribution in [-0.4, -0.2) is 36.8 Å². The fourth-order valence-corrected chi connectivity index (χ4v) is 1.44. The van der Waals surface area contributed by atoms with Crippen LogP contribution >= 0.6 is 0 Å². The van der Waals surface area contributed by atoms with Gasteiger partial charge in [-0.15, -0.1) is 0 Å². The lowest BCUT2D eigenvalue weighted by Crippen LogP contribution is -2.07. The van der Waals surface area contributed by atoms with Crippen LogP contribution in [0.2, 0.25) is 0 Å². The highest BCUT2D eigenvalue weighted by Gasteiger charge is 2.19. The number of phenolic OH excluding ortho intramolecular Hbond substituents is 1. The number of rotatable bonds is 4. The first-order chi connectivity index (χ1) is 7.56. The summed E-state index contributed by atoms with van der Waals surface area (Å²) in [5.41, 5.74) is 0.578. The van der Waals surface area contributed by atoms with Crippen LogP contribution < -0.4 is 9.47 Å². The maximum absolute atomic E-state index is 11.4. The van der Waals surface area contributed by atoms with Gasteiger partial charge in [0.25, 0.3) is 0 Å². The van der Waals surface area contributed by atoms with Gasteiger partial charge in [0.1, 0.15) is 6.61 Å². The summed E-state index contributed by atoms with van der Waals surface area (Å²) in [4.78, 5) is 11.4. The Morgan fingerprint density at radius 3 is 2.44 bits per heavy atom. The first kappa shape index (κ1) is 12.3. The van der Waals surface area contributed by atoms with E-state index in [1.54, 1.807) is 6.92 Å². The van der Waals surface area contributed by atoms with E-state index in [2.05, 4.69) is 0 Å². The lowest BCUT2D eigenvalue weighted by atomic mass is 10.0. The summed E-state index contributed by atoms with van der Waals surface area (Å²) in [7, 11) is 2.80. The van der Waals surface area contributed by atoms with Crippen LogP contribution in [0.1, 0.15) is 15.9 Å². The molecule has 5 nitrogen and oxygen atoms in total. The molecule has 1 aromatic carbocycles. The molecule has 0 atom stereocenters. The molecule has 0 saturated carbocycles. The third-order valence-corrected chi connectivity index (χ3v) is 2.34. The zero-order valence-electron chi connectivity index (χ0n) is 9.40. The van der Waals surface area contributed by atoms with Crippen molar-refractivity contribution >= 4 is 5.78 Å². The number of hydrogen-bond acceptors (Lipinski definition) is 5. The molecule has 0 heterocycles. The molecular weight excluding hydrogens is 212 g/mol. The number of phenols is 1. The van der Waals surface area contributed by atoms with E-state index in [1.807, 2.05) is 0 Å². The third kappa shape index (κ3) is 1.94. The number of ether oxygens (including phenoxy) is 2. The van der Waals surface area contributed by atoms with Gasteiger partial charge >= 0.3 is 0 Å². The zero-order valence-corrected chi connectivity index (χ0v) is 9.40. The molecule has 16 heavy (non-hydrogen) atoms. The molecule has 0 aromatic heterocycles. The van der Waals surface area contributed by atoms with Crippen molar-refractivity contribution in [1.82, 2.24) is 0 Å². The molecule has 2 N–H and O–H groups in total. The topological polar surface area (TPSA) is 76.0 Å². The van der Waals surface area contributed by atoms with E-state index in [9.17, 15) is 9.90 Å². The Labute approximate surface area is 93.2 Å². The standard InChI is InChI=1S/C11H14O5/c1-6-7(8(13)5-12)4-9(15-2)11(16-3)10(6)14/h4,12,14H,5H2,1-3H3. The number of aliphatic hydroxyl groups excluding tert-OH is 1. The number of methoxy groups -OCH3 is 2. The Balaban J connectivity index is 3.44. The monoisotopic (exact) mass is 226 g/mol. The fraction of sp³-hybridized carbons (Fsp3) is 0.364. The van der Waals surface area contributed by atoms with Crippen LogP contribution in [0.15, 0.2) is 6.07 Å². The molecule has 0 aliphatic rings. The molecule has 0 aliphatic heterocycles. The second kappa shape index (κ2) is 4.85. The predicted molar refractivity (Wildman–Crippen MR) is 57.4 cm³/mol. The second-order valence-electron chi connectivity index (χ2n) is 3.21. The number of aromatic hydroxyl groups is 1. The fourth-order valence-electron chi connectivity index (χ4n) is 1.44. The summed E-state index contributed by atoms with van der Waals surface area (Å²) in [5, 5.41) is 18.6. The summed E-state index contributed by atoms with van der Waals surface area (Å²) in [5.74, 6) is -0.204. The molecule has 0 saturated heterocycles. The average molecular weight is 226 g/mol. The zero-order chi connectivity index (χ0) is 12.3. The molecule has 5 heteroatoms. The second-order valence-corrected chi connectivity index (χ2v) is 3.21. The van der Waals surface area contributed by atoms with Gasteiger partial charge in [-0.25, -0.2) is 0 Å². The van der Waals surface area contributed by atoms with Gasteiger partial charge in [0.15, 0.2) is 17.3 Å². The summed E-state index contributed by atoms with van der Waals surface area (Å²) in [6.07, 6.45) is 0. The number of benzene rings is 1. The number of hydrogen-bond donors (Lipinski definition) is 2. The number of carbonyl (C=O) groups excluding carboxylic acids is 1. The highest BCUT2D eigenvalue weighted by atomic mass is 16.5. The van der Waals surface area contributed by atoms with Crippen LogP contribution in [0.4, 0.5) is 0 Å². The molecular formula is C11H14O5. The first-order valence-electron chi connectivity index (χ1n) is 4.65. The van der Waals surface area contributed by atoms with Crippen LogP contribution in [0.3, 0.4) is 0 Å². The van der Waals surface area contributed by atoms with E-state index in [-0.39, 0.29) is 22.8 Å². The van der Waals surface area contributed by atoms with Gasteiger partial charge in [0.2, 0.25) is 5.75 Å². The van der Waals surface area contributed by atoms with E-state index in [4.69, 9.17) is 14.6 Å². The Hall–Kier alpha value is -1.75.